The number of furan rings is 3. The Labute approximate surface area is 308 Å². The maximum atomic E-state index is 6.71. The van der Waals surface area contributed by atoms with E-state index in [0.29, 0.717) is 0 Å². The fraction of sp³-hybridized carbons (Fsp3) is 0. The Kier molecular flexibility index (Phi) is 6.02. The lowest BCUT2D eigenvalue weighted by atomic mass is 10.0. The summed E-state index contributed by atoms with van der Waals surface area (Å²) in [5, 5.41) is 11.2. The van der Waals surface area contributed by atoms with E-state index in [-0.39, 0.29) is 0 Å². The Hall–Kier alpha value is -7.30. The van der Waals surface area contributed by atoms with Crippen LogP contribution in [0.15, 0.2) is 189 Å². The molecule has 12 aromatic rings. The minimum absolute atomic E-state index is 0.841. The first-order valence-corrected chi connectivity index (χ1v) is 18.2. The summed E-state index contributed by atoms with van der Waals surface area (Å²) >= 11 is 0. The summed E-state index contributed by atoms with van der Waals surface area (Å²) in [6, 6.07) is 61.8. The van der Waals surface area contributed by atoms with E-state index in [1.54, 1.807) is 0 Å². The average molecular weight is 692 g/mol. The molecule has 252 valence electrons. The molecule has 0 atom stereocenters. The normalized spacial score (nSPS) is 12.1. The predicted octanol–water partition coefficient (Wildman–Crippen LogP) is 14.8. The van der Waals surface area contributed by atoms with E-state index in [2.05, 4.69) is 163 Å². The summed E-state index contributed by atoms with van der Waals surface area (Å²) in [6.45, 7) is 0. The molecule has 4 nitrogen and oxygen atoms in total. The number of para-hydroxylation sites is 2. The van der Waals surface area contributed by atoms with Crippen molar-refractivity contribution in [2.75, 3.05) is 4.90 Å². The number of benzene rings is 9. The molecule has 0 N–H and O–H groups in total. The van der Waals surface area contributed by atoms with Crippen molar-refractivity contribution >= 4 is 104 Å². The molecule has 0 spiro atoms. The Morgan fingerprint density at radius 3 is 1.72 bits per heavy atom. The highest BCUT2D eigenvalue weighted by Crippen LogP contribution is 2.46. The minimum Gasteiger partial charge on any atom is -0.456 e. The van der Waals surface area contributed by atoms with Crippen molar-refractivity contribution in [3.63, 3.8) is 0 Å². The molecule has 54 heavy (non-hydrogen) atoms. The number of hydrogen-bond acceptors (Lipinski definition) is 4. The topological polar surface area (TPSA) is 42.7 Å². The van der Waals surface area contributed by atoms with Gasteiger partial charge in [-0.25, -0.2) is 0 Å². The van der Waals surface area contributed by atoms with E-state index in [9.17, 15) is 0 Å². The number of anilines is 3. The standard InChI is InChI=1S/C50H29NO3/c1-3-11-35-30(9-1)21-26-40-38-28-25-34(29-46(38)53-48(35)40)51(43-16-8-18-45-47(43)42-13-5-6-17-44(42)52-45)33-23-19-32(20-24-33)37-14-7-15-39-41-27-22-31-10-2-4-12-36(31)50(41)54-49(37)39/h1-29H. The zero-order valence-corrected chi connectivity index (χ0v) is 28.9. The fourth-order valence-corrected chi connectivity index (χ4v) is 8.55. The first kappa shape index (κ1) is 29.3. The summed E-state index contributed by atoms with van der Waals surface area (Å²) in [5.41, 5.74) is 10.4. The molecule has 3 aromatic heterocycles. The Morgan fingerprint density at radius 1 is 0.333 bits per heavy atom. The molecule has 0 aliphatic carbocycles. The van der Waals surface area contributed by atoms with Gasteiger partial charge in [0.2, 0.25) is 0 Å². The van der Waals surface area contributed by atoms with Crippen molar-refractivity contribution < 1.29 is 13.3 Å². The highest BCUT2D eigenvalue weighted by atomic mass is 16.3. The maximum absolute atomic E-state index is 6.71. The third kappa shape index (κ3) is 4.19. The second kappa shape index (κ2) is 11.1. The second-order valence-electron chi connectivity index (χ2n) is 14.0. The van der Waals surface area contributed by atoms with E-state index >= 15 is 0 Å². The van der Waals surface area contributed by atoms with Crippen LogP contribution in [0.4, 0.5) is 17.1 Å². The Morgan fingerprint density at radius 2 is 0.926 bits per heavy atom. The van der Waals surface area contributed by atoms with Gasteiger partial charge in [-0.15, -0.1) is 0 Å². The fourth-order valence-electron chi connectivity index (χ4n) is 8.55. The number of nitrogens with zero attached hydrogens (tertiary/aromatic N) is 1. The lowest BCUT2D eigenvalue weighted by Crippen LogP contribution is -2.10. The number of hydrogen-bond donors (Lipinski definition) is 0. The van der Waals surface area contributed by atoms with Crippen molar-refractivity contribution in [2.24, 2.45) is 0 Å². The van der Waals surface area contributed by atoms with Gasteiger partial charge in [-0.3, -0.25) is 0 Å². The zero-order chi connectivity index (χ0) is 35.3. The van der Waals surface area contributed by atoms with E-state index in [4.69, 9.17) is 13.3 Å². The van der Waals surface area contributed by atoms with Crippen LogP contribution in [0.5, 0.6) is 0 Å². The van der Waals surface area contributed by atoms with Crippen LogP contribution >= 0.6 is 0 Å². The van der Waals surface area contributed by atoms with Crippen molar-refractivity contribution in [3.8, 4) is 11.1 Å². The molecular formula is C50H29NO3. The second-order valence-corrected chi connectivity index (χ2v) is 14.0. The summed E-state index contributed by atoms with van der Waals surface area (Å²) < 4.78 is 19.8. The van der Waals surface area contributed by atoms with Crippen molar-refractivity contribution in [3.05, 3.63) is 176 Å². The molecule has 0 amide bonds. The molecule has 0 fully saturated rings. The molecule has 9 aromatic carbocycles. The van der Waals surface area contributed by atoms with Gasteiger partial charge in [0.1, 0.15) is 33.5 Å². The third-order valence-electron chi connectivity index (χ3n) is 11.1. The third-order valence-corrected chi connectivity index (χ3v) is 11.1. The summed E-state index contributed by atoms with van der Waals surface area (Å²) in [5.74, 6) is 0. The van der Waals surface area contributed by atoms with E-state index in [1.807, 2.05) is 18.2 Å². The van der Waals surface area contributed by atoms with Crippen LogP contribution in [0.3, 0.4) is 0 Å². The van der Waals surface area contributed by atoms with Gasteiger partial charge in [0.15, 0.2) is 0 Å². The lowest BCUT2D eigenvalue weighted by Gasteiger charge is -2.26. The van der Waals surface area contributed by atoms with Gasteiger partial charge in [-0.1, -0.05) is 115 Å². The van der Waals surface area contributed by atoms with E-state index in [1.165, 1.54) is 5.39 Å². The van der Waals surface area contributed by atoms with Gasteiger partial charge >= 0.3 is 0 Å². The van der Waals surface area contributed by atoms with Gasteiger partial charge in [-0.05, 0) is 70.9 Å². The maximum Gasteiger partial charge on any atom is 0.143 e. The van der Waals surface area contributed by atoms with Crippen LogP contribution in [0, 0.1) is 0 Å². The van der Waals surface area contributed by atoms with Crippen LogP contribution in [0.2, 0.25) is 0 Å². The van der Waals surface area contributed by atoms with Crippen LogP contribution in [0.1, 0.15) is 0 Å². The van der Waals surface area contributed by atoms with Crippen LogP contribution in [-0.4, -0.2) is 0 Å². The predicted molar refractivity (Wildman–Crippen MR) is 223 cm³/mol. The summed E-state index contributed by atoms with van der Waals surface area (Å²) in [7, 11) is 0. The largest absolute Gasteiger partial charge is 0.456 e. The van der Waals surface area contributed by atoms with Crippen molar-refractivity contribution in [1.82, 2.24) is 0 Å². The molecule has 0 saturated heterocycles. The molecular weight excluding hydrogens is 663 g/mol. The lowest BCUT2D eigenvalue weighted by molar-refractivity contribution is 0.669. The van der Waals surface area contributed by atoms with E-state index in [0.717, 1.165) is 110 Å². The first-order chi connectivity index (χ1) is 26.8. The number of fused-ring (bicyclic) bond motifs is 13. The highest BCUT2D eigenvalue weighted by Gasteiger charge is 2.22. The van der Waals surface area contributed by atoms with Gasteiger partial charge in [0.05, 0.1) is 11.1 Å². The molecule has 0 bridgehead atoms. The minimum atomic E-state index is 0.841. The van der Waals surface area contributed by atoms with Crippen LogP contribution in [0.25, 0.3) is 98.5 Å². The zero-order valence-electron chi connectivity index (χ0n) is 28.9. The quantitative estimate of drug-likeness (QED) is 0.184. The molecule has 0 aliphatic heterocycles. The molecule has 12 rings (SSSR count). The Bertz CT molecular complexity index is 3450. The highest BCUT2D eigenvalue weighted by molar-refractivity contribution is 6.18. The molecule has 0 radical (unpaired) electrons. The van der Waals surface area contributed by atoms with Crippen LogP contribution in [-0.2, 0) is 0 Å². The van der Waals surface area contributed by atoms with Gasteiger partial charge < -0.3 is 18.2 Å². The first-order valence-electron chi connectivity index (χ1n) is 18.2. The molecule has 0 unspecified atom stereocenters. The Balaban J connectivity index is 1.05. The van der Waals surface area contributed by atoms with Gasteiger partial charge in [-0.2, -0.15) is 0 Å². The molecule has 0 saturated carbocycles. The van der Waals surface area contributed by atoms with Crippen molar-refractivity contribution in [1.29, 1.82) is 0 Å². The number of rotatable bonds is 4. The molecule has 3 heterocycles. The summed E-state index contributed by atoms with van der Waals surface area (Å²) in [6.07, 6.45) is 0. The SMILES string of the molecule is c1ccc2c(c1)ccc1c3ccc(N(c4ccc(-c5cccc6c5oc5c7ccccc7ccc65)cc4)c4cccc5oc6ccccc6c45)cc3oc21. The van der Waals surface area contributed by atoms with Gasteiger partial charge in [0.25, 0.3) is 0 Å². The molecule has 4 heteroatoms. The average Bonchev–Trinajstić information content (AvgIpc) is 3.93. The smallest absolute Gasteiger partial charge is 0.143 e. The monoisotopic (exact) mass is 691 g/mol. The van der Waals surface area contributed by atoms with Gasteiger partial charge in [0, 0.05) is 60.7 Å². The van der Waals surface area contributed by atoms with Crippen molar-refractivity contribution in [2.45, 2.75) is 0 Å². The van der Waals surface area contributed by atoms with Crippen LogP contribution < -0.4 is 4.90 Å². The molecule has 0 aliphatic rings. The summed E-state index contributed by atoms with van der Waals surface area (Å²) in [4.78, 5) is 2.31. The van der Waals surface area contributed by atoms with E-state index < -0.39 is 0 Å².